The molecule has 2 unspecified atom stereocenters. The lowest BCUT2D eigenvalue weighted by Crippen LogP contribution is -2.45. The van der Waals surface area contributed by atoms with Crippen molar-refractivity contribution in [2.24, 2.45) is 0 Å². The van der Waals surface area contributed by atoms with Crippen LogP contribution in [0.4, 0.5) is 0 Å². The Labute approximate surface area is 455 Å². The van der Waals surface area contributed by atoms with Gasteiger partial charge in [0.1, 0.15) is 0 Å². The van der Waals surface area contributed by atoms with Gasteiger partial charge >= 0.3 is 5.97 Å². The number of hydrogen-bond donors (Lipinski definition) is 3. The maximum absolute atomic E-state index is 12.5. The molecule has 2 atom stereocenters. The van der Waals surface area contributed by atoms with Gasteiger partial charge in [-0.25, -0.2) is 0 Å². The Balaban J connectivity index is 3.44. The van der Waals surface area contributed by atoms with E-state index in [4.69, 9.17) is 4.74 Å². The zero-order valence-corrected chi connectivity index (χ0v) is 49.1. The standard InChI is InChI=1S/C67H127NO5/c1-3-5-7-9-11-13-15-17-19-29-32-35-39-43-47-51-55-59-65(70)64(63-69)68-66(71)60-56-52-48-44-40-36-33-30-27-25-23-21-20-22-24-26-28-31-34-38-42-46-50-54-58-62-73-67(72)61-57-53-49-45-41-37-18-16-14-12-10-8-6-4-2/h16,18,21-24,64-65,69-70H,3-15,17,19-20,25-63H2,1-2H3,(H,68,71)/b18-16-,23-21-,24-22-. The van der Waals surface area contributed by atoms with Crippen LogP contribution in [0.25, 0.3) is 0 Å². The van der Waals surface area contributed by atoms with E-state index >= 15 is 0 Å². The number of hydrogen-bond acceptors (Lipinski definition) is 5. The van der Waals surface area contributed by atoms with Gasteiger partial charge in [-0.2, -0.15) is 0 Å². The number of carbonyl (C=O) groups excluding carboxylic acids is 2. The first kappa shape index (κ1) is 71.1. The smallest absolute Gasteiger partial charge is 0.305 e. The molecule has 0 radical (unpaired) electrons. The third-order valence-electron chi connectivity index (χ3n) is 15.2. The van der Waals surface area contributed by atoms with Crippen LogP contribution in [0.3, 0.4) is 0 Å². The van der Waals surface area contributed by atoms with Gasteiger partial charge in [0.15, 0.2) is 0 Å². The summed E-state index contributed by atoms with van der Waals surface area (Å²) < 4.78 is 5.47. The molecule has 0 aliphatic heterocycles. The Morgan fingerprint density at radius 2 is 0.685 bits per heavy atom. The van der Waals surface area contributed by atoms with E-state index in [0.29, 0.717) is 25.9 Å². The number of nitrogens with one attached hydrogen (secondary N) is 1. The quantitative estimate of drug-likeness (QED) is 0.0320. The minimum atomic E-state index is -0.669. The zero-order chi connectivity index (χ0) is 52.9. The summed E-state index contributed by atoms with van der Waals surface area (Å²) in [6, 6.07) is -0.547. The second kappa shape index (κ2) is 62.6. The molecule has 0 heterocycles. The summed E-state index contributed by atoms with van der Waals surface area (Å²) >= 11 is 0. The Kier molecular flexibility index (Phi) is 61.0. The van der Waals surface area contributed by atoms with E-state index in [2.05, 4.69) is 55.6 Å². The van der Waals surface area contributed by atoms with Crippen LogP contribution in [0.15, 0.2) is 36.5 Å². The second-order valence-electron chi connectivity index (χ2n) is 22.4. The molecule has 73 heavy (non-hydrogen) atoms. The molecule has 0 aromatic heterocycles. The number of carbonyl (C=O) groups is 2. The van der Waals surface area contributed by atoms with Gasteiger partial charge in [0, 0.05) is 12.8 Å². The fraction of sp³-hybridized carbons (Fsp3) is 0.881. The summed E-state index contributed by atoms with van der Waals surface area (Å²) in [5.41, 5.74) is 0. The normalized spacial score (nSPS) is 12.8. The molecule has 6 heteroatoms. The predicted octanol–water partition coefficient (Wildman–Crippen LogP) is 20.8. The van der Waals surface area contributed by atoms with Crippen molar-refractivity contribution >= 4 is 11.9 Å². The van der Waals surface area contributed by atoms with E-state index in [1.165, 1.54) is 270 Å². The Morgan fingerprint density at radius 3 is 1.05 bits per heavy atom. The van der Waals surface area contributed by atoms with Crippen molar-refractivity contribution in [1.82, 2.24) is 5.32 Å². The van der Waals surface area contributed by atoms with Gasteiger partial charge in [-0.15, -0.1) is 0 Å². The third-order valence-corrected chi connectivity index (χ3v) is 15.2. The van der Waals surface area contributed by atoms with Crippen molar-refractivity contribution in [3.8, 4) is 0 Å². The minimum absolute atomic E-state index is 0.000677. The molecule has 0 fully saturated rings. The molecule has 1 amide bonds. The van der Waals surface area contributed by atoms with Crippen molar-refractivity contribution < 1.29 is 24.5 Å². The summed E-state index contributed by atoms with van der Waals surface area (Å²) in [4.78, 5) is 24.5. The first-order valence-corrected chi connectivity index (χ1v) is 32.7. The van der Waals surface area contributed by atoms with Crippen LogP contribution in [-0.2, 0) is 14.3 Å². The molecule has 0 bridgehead atoms. The number of esters is 1. The van der Waals surface area contributed by atoms with Crippen molar-refractivity contribution in [2.75, 3.05) is 13.2 Å². The monoisotopic (exact) mass is 1030 g/mol. The van der Waals surface area contributed by atoms with E-state index in [0.717, 1.165) is 51.4 Å². The molecule has 0 saturated heterocycles. The summed E-state index contributed by atoms with van der Waals surface area (Å²) in [5, 5.41) is 23.3. The molecule has 0 aromatic rings. The summed E-state index contributed by atoms with van der Waals surface area (Å²) in [6.45, 7) is 4.96. The number of rotatable bonds is 61. The summed E-state index contributed by atoms with van der Waals surface area (Å²) in [6.07, 6.45) is 78.8. The number of aliphatic hydroxyl groups is 2. The number of amides is 1. The third kappa shape index (κ3) is 59.2. The minimum Gasteiger partial charge on any atom is -0.466 e. The van der Waals surface area contributed by atoms with Crippen LogP contribution in [0.2, 0.25) is 0 Å². The lowest BCUT2D eigenvalue weighted by Gasteiger charge is -2.22. The van der Waals surface area contributed by atoms with Gasteiger partial charge in [0.25, 0.3) is 0 Å². The van der Waals surface area contributed by atoms with E-state index < -0.39 is 12.1 Å². The van der Waals surface area contributed by atoms with E-state index in [-0.39, 0.29) is 18.5 Å². The van der Waals surface area contributed by atoms with E-state index in [9.17, 15) is 19.8 Å². The molecule has 3 N–H and O–H groups in total. The maximum Gasteiger partial charge on any atom is 0.305 e. The molecule has 0 aliphatic carbocycles. The first-order valence-electron chi connectivity index (χ1n) is 32.7. The number of ether oxygens (including phenoxy) is 1. The lowest BCUT2D eigenvalue weighted by molar-refractivity contribution is -0.143. The van der Waals surface area contributed by atoms with Crippen molar-refractivity contribution in [2.45, 2.75) is 366 Å². The van der Waals surface area contributed by atoms with Crippen molar-refractivity contribution in [1.29, 1.82) is 0 Å². The Hall–Kier alpha value is -1.92. The average molecular weight is 1030 g/mol. The molecule has 0 aliphatic rings. The topological polar surface area (TPSA) is 95.9 Å². The van der Waals surface area contributed by atoms with Gasteiger partial charge in [0.2, 0.25) is 5.91 Å². The van der Waals surface area contributed by atoms with Gasteiger partial charge < -0.3 is 20.3 Å². The lowest BCUT2D eigenvalue weighted by atomic mass is 10.0. The molecule has 0 rings (SSSR count). The highest BCUT2D eigenvalue weighted by Gasteiger charge is 2.20. The number of allylic oxidation sites excluding steroid dienone is 6. The Bertz CT molecular complexity index is 1180. The first-order chi connectivity index (χ1) is 36.0. The fourth-order valence-corrected chi connectivity index (χ4v) is 10.1. The summed E-state index contributed by atoms with van der Waals surface area (Å²) in [7, 11) is 0. The number of aliphatic hydroxyl groups excluding tert-OH is 2. The van der Waals surface area contributed by atoms with Crippen LogP contribution in [0.1, 0.15) is 354 Å². The SMILES string of the molecule is CCCCCCC/C=C\CCCCCCCC(=O)OCCCCCCCCCCC/C=C\C/C=C\CCCCCCCCCCCC(=O)NC(CO)C(O)CCCCCCCCCCCCCCCCCCC. The van der Waals surface area contributed by atoms with E-state index in [1.807, 2.05) is 0 Å². The van der Waals surface area contributed by atoms with Crippen LogP contribution < -0.4 is 5.32 Å². The molecular formula is C67H127NO5. The van der Waals surface area contributed by atoms with E-state index in [1.54, 1.807) is 0 Å². The molecule has 430 valence electrons. The van der Waals surface area contributed by atoms with Gasteiger partial charge in [0.05, 0.1) is 25.4 Å². The zero-order valence-electron chi connectivity index (χ0n) is 49.1. The van der Waals surface area contributed by atoms with Crippen LogP contribution >= 0.6 is 0 Å². The van der Waals surface area contributed by atoms with Crippen molar-refractivity contribution in [3.05, 3.63) is 36.5 Å². The number of unbranched alkanes of at least 4 members (excludes halogenated alkanes) is 44. The van der Waals surface area contributed by atoms with Crippen molar-refractivity contribution in [3.63, 3.8) is 0 Å². The fourth-order valence-electron chi connectivity index (χ4n) is 10.1. The largest absolute Gasteiger partial charge is 0.466 e. The van der Waals surface area contributed by atoms with Crippen LogP contribution in [0, 0.1) is 0 Å². The molecule has 0 aromatic carbocycles. The van der Waals surface area contributed by atoms with Gasteiger partial charge in [-0.3, -0.25) is 9.59 Å². The average Bonchev–Trinajstić information content (AvgIpc) is 3.39. The molecule has 0 saturated carbocycles. The molecule has 0 spiro atoms. The van der Waals surface area contributed by atoms with Crippen LogP contribution in [0.5, 0.6) is 0 Å². The summed E-state index contributed by atoms with van der Waals surface area (Å²) in [5.74, 6) is -0.0382. The van der Waals surface area contributed by atoms with Crippen LogP contribution in [-0.4, -0.2) is 47.4 Å². The predicted molar refractivity (Wildman–Crippen MR) is 319 cm³/mol. The molecular weight excluding hydrogens is 899 g/mol. The highest BCUT2D eigenvalue weighted by molar-refractivity contribution is 5.76. The highest BCUT2D eigenvalue weighted by Crippen LogP contribution is 2.18. The molecule has 6 nitrogen and oxygen atoms in total. The Morgan fingerprint density at radius 1 is 0.384 bits per heavy atom. The van der Waals surface area contributed by atoms with Gasteiger partial charge in [-0.1, -0.05) is 294 Å². The van der Waals surface area contributed by atoms with Gasteiger partial charge in [-0.05, 0) is 83.5 Å². The second-order valence-corrected chi connectivity index (χ2v) is 22.4. The maximum atomic E-state index is 12.5. The highest BCUT2D eigenvalue weighted by atomic mass is 16.5.